The lowest BCUT2D eigenvalue weighted by molar-refractivity contribution is 0.0646. The molecule has 35 heavy (non-hydrogen) atoms. The van der Waals surface area contributed by atoms with Gasteiger partial charge < -0.3 is 20.1 Å². The van der Waals surface area contributed by atoms with Crippen molar-refractivity contribution >= 4 is 23.3 Å². The van der Waals surface area contributed by atoms with Crippen LogP contribution in [0.15, 0.2) is 36.4 Å². The minimum Gasteiger partial charge on any atom is -0.493 e. The zero-order chi connectivity index (χ0) is 24.6. The predicted octanol–water partition coefficient (Wildman–Crippen LogP) is 5.74. The first-order valence-electron chi connectivity index (χ1n) is 12.4. The highest BCUT2D eigenvalue weighted by atomic mass is 35.5. The molecule has 5 rings (SSSR count). The van der Waals surface area contributed by atoms with Crippen LogP contribution in [0.2, 0.25) is 5.02 Å². The molecule has 2 aromatic carbocycles. The number of amides is 2. The molecule has 1 saturated heterocycles. The average molecular weight is 502 g/mol. The summed E-state index contributed by atoms with van der Waals surface area (Å²) in [6.07, 6.45) is 7.68. The van der Waals surface area contributed by atoms with Gasteiger partial charge in [-0.25, -0.2) is 9.18 Å². The van der Waals surface area contributed by atoms with Crippen LogP contribution in [0.25, 0.3) is 0 Å². The number of rotatable bonds is 6. The Balaban J connectivity index is 1.35. The Morgan fingerprint density at radius 3 is 2.57 bits per heavy atom. The van der Waals surface area contributed by atoms with Crippen molar-refractivity contribution in [3.8, 4) is 11.5 Å². The molecule has 6 nitrogen and oxygen atoms in total. The molecule has 0 spiro atoms. The van der Waals surface area contributed by atoms with E-state index in [2.05, 4.69) is 27.7 Å². The lowest BCUT2D eigenvalue weighted by Crippen LogP contribution is -2.55. The number of benzene rings is 2. The van der Waals surface area contributed by atoms with Gasteiger partial charge in [0.1, 0.15) is 5.82 Å². The van der Waals surface area contributed by atoms with E-state index in [4.69, 9.17) is 21.1 Å². The van der Waals surface area contributed by atoms with E-state index >= 15 is 0 Å². The third-order valence-corrected chi connectivity index (χ3v) is 8.61. The van der Waals surface area contributed by atoms with Crippen molar-refractivity contribution in [2.75, 3.05) is 26.1 Å². The maximum absolute atomic E-state index is 13.5. The van der Waals surface area contributed by atoms with Crippen molar-refractivity contribution in [1.29, 1.82) is 0 Å². The summed E-state index contributed by atoms with van der Waals surface area (Å²) >= 11 is 5.86. The molecule has 3 unspecified atom stereocenters. The number of hydrogen-bond donors (Lipinski definition) is 2. The first-order valence-corrected chi connectivity index (χ1v) is 12.8. The van der Waals surface area contributed by atoms with Crippen molar-refractivity contribution in [2.45, 2.75) is 68.5 Å². The highest BCUT2D eigenvalue weighted by molar-refractivity contribution is 6.31. The largest absolute Gasteiger partial charge is 0.493 e. The summed E-state index contributed by atoms with van der Waals surface area (Å²) in [4.78, 5) is 15.5. The second-order valence-electron chi connectivity index (χ2n) is 10.0. The Bertz CT molecular complexity index is 1100. The number of likely N-dealkylation sites (tertiary alicyclic amines) is 1. The second-order valence-corrected chi connectivity index (χ2v) is 10.4. The summed E-state index contributed by atoms with van der Waals surface area (Å²) in [6, 6.07) is 11.3. The maximum Gasteiger partial charge on any atom is 0.319 e. The van der Waals surface area contributed by atoms with Crippen LogP contribution in [-0.4, -0.2) is 49.8 Å². The predicted molar refractivity (Wildman–Crippen MR) is 135 cm³/mol. The van der Waals surface area contributed by atoms with E-state index in [0.717, 1.165) is 43.7 Å². The molecule has 2 N–H and O–H groups in total. The van der Waals surface area contributed by atoms with Crippen molar-refractivity contribution < 1.29 is 18.7 Å². The monoisotopic (exact) mass is 501 g/mol. The normalized spacial score (nSPS) is 26.5. The number of carbonyl (C=O) groups excluding carboxylic acids is 1. The van der Waals surface area contributed by atoms with Gasteiger partial charge in [-0.15, -0.1) is 0 Å². The van der Waals surface area contributed by atoms with Gasteiger partial charge in [0.2, 0.25) is 0 Å². The summed E-state index contributed by atoms with van der Waals surface area (Å²) in [7, 11) is 3.34. The lowest BCUT2D eigenvalue weighted by Gasteiger charge is -2.48. The summed E-state index contributed by atoms with van der Waals surface area (Å²) < 4.78 is 24.6. The van der Waals surface area contributed by atoms with Gasteiger partial charge in [0.15, 0.2) is 11.5 Å². The van der Waals surface area contributed by atoms with Crippen LogP contribution in [-0.2, 0) is 5.41 Å². The van der Waals surface area contributed by atoms with Crippen LogP contribution < -0.4 is 20.1 Å². The number of carbonyl (C=O) groups is 1. The highest BCUT2D eigenvalue weighted by Gasteiger charge is 2.53. The van der Waals surface area contributed by atoms with E-state index < -0.39 is 5.82 Å². The second kappa shape index (κ2) is 9.86. The van der Waals surface area contributed by atoms with Gasteiger partial charge in [-0.05, 0) is 81.0 Å². The number of fused-ring (bicyclic) bond motifs is 1. The molecule has 3 atom stereocenters. The number of anilines is 1. The van der Waals surface area contributed by atoms with Crippen molar-refractivity contribution in [1.82, 2.24) is 10.2 Å². The van der Waals surface area contributed by atoms with E-state index in [1.807, 2.05) is 6.07 Å². The van der Waals surface area contributed by atoms with Gasteiger partial charge in [0, 0.05) is 29.2 Å². The molecule has 0 radical (unpaired) electrons. The Morgan fingerprint density at radius 1 is 1.09 bits per heavy atom. The zero-order valence-electron chi connectivity index (χ0n) is 20.3. The van der Waals surface area contributed by atoms with E-state index in [-0.39, 0.29) is 22.5 Å². The molecular formula is C27H33ClFN3O3. The van der Waals surface area contributed by atoms with E-state index in [1.54, 1.807) is 14.2 Å². The molecule has 3 aliphatic rings. The minimum absolute atomic E-state index is 0.0118. The van der Waals surface area contributed by atoms with Gasteiger partial charge in [-0.3, -0.25) is 4.90 Å². The van der Waals surface area contributed by atoms with Crippen LogP contribution in [0, 0.1) is 5.82 Å². The fourth-order valence-electron chi connectivity index (χ4n) is 6.28. The van der Waals surface area contributed by atoms with E-state index in [1.165, 1.54) is 43.0 Å². The van der Waals surface area contributed by atoms with Gasteiger partial charge in [0.25, 0.3) is 0 Å². The summed E-state index contributed by atoms with van der Waals surface area (Å²) in [5.74, 6) is 0.998. The Labute approximate surface area is 211 Å². The van der Waals surface area contributed by atoms with Crippen molar-refractivity contribution in [3.05, 3.63) is 52.8 Å². The van der Waals surface area contributed by atoms with Crippen LogP contribution in [0.3, 0.4) is 0 Å². The standard InChI is InChI=1S/C27H33ClFN3O3/c1-34-23-9-6-17(14-24(23)35-2)27-11-10-19(16-25(27)32(13-12-27)20-4-3-5-20)31-26(33)30-18-7-8-22(29)21(28)15-18/h6-9,14-15,19-20,25H,3-5,10-13,16H2,1-2H3,(H2,30,31,33). The lowest BCUT2D eigenvalue weighted by atomic mass is 9.64. The van der Waals surface area contributed by atoms with Gasteiger partial charge in [0.05, 0.1) is 19.2 Å². The van der Waals surface area contributed by atoms with E-state index in [0.29, 0.717) is 17.8 Å². The summed E-state index contributed by atoms with van der Waals surface area (Å²) in [6.45, 7) is 1.08. The molecular weight excluding hydrogens is 469 g/mol. The number of urea groups is 1. The quantitative estimate of drug-likeness (QED) is 0.530. The highest BCUT2D eigenvalue weighted by Crippen LogP contribution is 2.52. The van der Waals surface area contributed by atoms with Crippen molar-refractivity contribution in [3.63, 3.8) is 0 Å². The van der Waals surface area contributed by atoms with Crippen LogP contribution in [0.1, 0.15) is 50.5 Å². The zero-order valence-corrected chi connectivity index (χ0v) is 21.0. The third kappa shape index (κ3) is 4.56. The fraction of sp³-hybridized carbons (Fsp3) is 0.519. The number of methoxy groups -OCH3 is 2. The topological polar surface area (TPSA) is 62.8 Å². The molecule has 0 aromatic heterocycles. The molecule has 188 valence electrons. The molecule has 2 amide bonds. The number of ether oxygens (including phenoxy) is 2. The molecule has 2 saturated carbocycles. The first kappa shape index (κ1) is 24.2. The molecule has 2 aliphatic carbocycles. The Morgan fingerprint density at radius 2 is 1.89 bits per heavy atom. The molecule has 0 bridgehead atoms. The molecule has 1 aliphatic heterocycles. The van der Waals surface area contributed by atoms with Crippen LogP contribution in [0.4, 0.5) is 14.9 Å². The Kier molecular flexibility index (Phi) is 6.82. The van der Waals surface area contributed by atoms with Crippen molar-refractivity contribution in [2.24, 2.45) is 0 Å². The molecule has 8 heteroatoms. The summed E-state index contributed by atoms with van der Waals surface area (Å²) in [5, 5.41) is 5.95. The minimum atomic E-state index is -0.506. The number of nitrogens with one attached hydrogen (secondary N) is 2. The number of halogens is 2. The average Bonchev–Trinajstić information content (AvgIpc) is 3.19. The molecule has 3 fully saturated rings. The first-order chi connectivity index (χ1) is 16.9. The summed E-state index contributed by atoms with van der Waals surface area (Å²) in [5.41, 5.74) is 1.81. The number of hydrogen-bond acceptors (Lipinski definition) is 4. The van der Waals surface area contributed by atoms with Crippen LogP contribution >= 0.6 is 11.6 Å². The molecule has 1 heterocycles. The van der Waals surface area contributed by atoms with Crippen LogP contribution in [0.5, 0.6) is 11.5 Å². The SMILES string of the molecule is COc1ccc(C23CCC(NC(=O)Nc4ccc(F)c(Cl)c4)CC2N(C2CCC2)CC3)cc1OC. The van der Waals surface area contributed by atoms with E-state index in [9.17, 15) is 9.18 Å². The van der Waals surface area contributed by atoms with Gasteiger partial charge in [-0.1, -0.05) is 24.1 Å². The van der Waals surface area contributed by atoms with Gasteiger partial charge in [-0.2, -0.15) is 0 Å². The maximum atomic E-state index is 13.5. The van der Waals surface area contributed by atoms with Gasteiger partial charge >= 0.3 is 6.03 Å². The fourth-order valence-corrected chi connectivity index (χ4v) is 6.46. The third-order valence-electron chi connectivity index (χ3n) is 8.32. The Hall–Kier alpha value is -2.51. The molecule has 2 aromatic rings. The number of nitrogens with zero attached hydrogens (tertiary/aromatic N) is 1. The smallest absolute Gasteiger partial charge is 0.319 e.